The van der Waals surface area contributed by atoms with E-state index in [0.29, 0.717) is 12.1 Å². The number of nitriles is 1. The lowest BCUT2D eigenvalue weighted by atomic mass is 10.1. The summed E-state index contributed by atoms with van der Waals surface area (Å²) in [6.07, 6.45) is 0. The first-order valence-electron chi connectivity index (χ1n) is 6.06. The Bertz CT molecular complexity index is 629. The maximum Gasteiger partial charge on any atom is 0.123 e. The molecule has 0 aliphatic rings. The number of benzene rings is 2. The molecule has 0 amide bonds. The SMILES string of the molecule is Cc1ccc(F)cc1CN(C)c1cccc(C#N)c1. The van der Waals surface area contributed by atoms with Gasteiger partial charge in [0, 0.05) is 19.3 Å². The first-order chi connectivity index (χ1) is 9.10. The highest BCUT2D eigenvalue weighted by molar-refractivity contribution is 5.51. The van der Waals surface area contributed by atoms with Gasteiger partial charge in [-0.05, 0) is 48.4 Å². The molecule has 0 heterocycles. The van der Waals surface area contributed by atoms with Crippen LogP contribution in [0.1, 0.15) is 16.7 Å². The van der Waals surface area contributed by atoms with Crippen molar-refractivity contribution in [3.05, 3.63) is 65.0 Å². The second kappa shape index (κ2) is 5.53. The van der Waals surface area contributed by atoms with Gasteiger partial charge in [0.2, 0.25) is 0 Å². The highest BCUT2D eigenvalue weighted by Crippen LogP contribution is 2.19. The van der Waals surface area contributed by atoms with E-state index in [9.17, 15) is 4.39 Å². The van der Waals surface area contributed by atoms with Gasteiger partial charge in [-0.15, -0.1) is 0 Å². The summed E-state index contributed by atoms with van der Waals surface area (Å²) in [5.74, 6) is -0.222. The molecule has 2 nitrogen and oxygen atoms in total. The number of nitrogens with zero attached hydrogens (tertiary/aromatic N) is 2. The number of hydrogen-bond acceptors (Lipinski definition) is 2. The Labute approximate surface area is 112 Å². The van der Waals surface area contributed by atoms with E-state index >= 15 is 0 Å². The summed E-state index contributed by atoms with van der Waals surface area (Å²) in [6, 6.07) is 14.3. The molecule has 3 heteroatoms. The lowest BCUT2D eigenvalue weighted by molar-refractivity contribution is 0.624. The van der Waals surface area contributed by atoms with Gasteiger partial charge in [0.1, 0.15) is 5.82 Å². The Balaban J connectivity index is 2.23. The summed E-state index contributed by atoms with van der Waals surface area (Å²) in [4.78, 5) is 2.00. The minimum atomic E-state index is -0.222. The third-order valence-electron chi connectivity index (χ3n) is 3.13. The van der Waals surface area contributed by atoms with Gasteiger partial charge in [-0.1, -0.05) is 12.1 Å². The molecular formula is C16H15FN2. The van der Waals surface area contributed by atoms with Gasteiger partial charge in [0.15, 0.2) is 0 Å². The number of rotatable bonds is 3. The van der Waals surface area contributed by atoms with Crippen molar-refractivity contribution in [2.45, 2.75) is 13.5 Å². The zero-order valence-corrected chi connectivity index (χ0v) is 11.0. The normalized spacial score (nSPS) is 10.0. The van der Waals surface area contributed by atoms with Crippen LogP contribution in [-0.4, -0.2) is 7.05 Å². The van der Waals surface area contributed by atoms with E-state index in [1.807, 2.05) is 37.1 Å². The first-order valence-corrected chi connectivity index (χ1v) is 6.06. The van der Waals surface area contributed by atoms with Crippen LogP contribution in [0.15, 0.2) is 42.5 Å². The molecular weight excluding hydrogens is 239 g/mol. The van der Waals surface area contributed by atoms with Crippen LogP contribution in [0.3, 0.4) is 0 Å². The van der Waals surface area contributed by atoms with Crippen LogP contribution in [0.25, 0.3) is 0 Å². The molecule has 0 fully saturated rings. The Morgan fingerprint density at radius 3 is 2.74 bits per heavy atom. The molecule has 0 N–H and O–H groups in total. The zero-order chi connectivity index (χ0) is 13.8. The lowest BCUT2D eigenvalue weighted by Gasteiger charge is -2.20. The van der Waals surface area contributed by atoms with E-state index in [2.05, 4.69) is 6.07 Å². The minimum Gasteiger partial charge on any atom is -0.370 e. The van der Waals surface area contributed by atoms with Gasteiger partial charge >= 0.3 is 0 Å². The molecule has 0 aromatic heterocycles. The maximum atomic E-state index is 13.3. The molecule has 0 saturated heterocycles. The Morgan fingerprint density at radius 1 is 1.21 bits per heavy atom. The second-order valence-corrected chi connectivity index (χ2v) is 4.59. The monoisotopic (exact) mass is 254 g/mol. The smallest absolute Gasteiger partial charge is 0.123 e. The van der Waals surface area contributed by atoms with Crippen molar-refractivity contribution in [2.75, 3.05) is 11.9 Å². The molecule has 96 valence electrons. The fraction of sp³-hybridized carbons (Fsp3) is 0.188. The second-order valence-electron chi connectivity index (χ2n) is 4.59. The molecule has 0 spiro atoms. The summed E-state index contributed by atoms with van der Waals surface area (Å²) in [5, 5.41) is 8.90. The molecule has 0 unspecified atom stereocenters. The van der Waals surface area contributed by atoms with Gasteiger partial charge in [0.05, 0.1) is 11.6 Å². The van der Waals surface area contributed by atoms with Gasteiger partial charge in [-0.2, -0.15) is 5.26 Å². The summed E-state index contributed by atoms with van der Waals surface area (Å²) in [5.41, 5.74) is 3.58. The van der Waals surface area contributed by atoms with Crippen LogP contribution in [0.4, 0.5) is 10.1 Å². The van der Waals surface area contributed by atoms with Crippen molar-refractivity contribution < 1.29 is 4.39 Å². The van der Waals surface area contributed by atoms with Crippen LogP contribution in [0, 0.1) is 24.1 Å². The first kappa shape index (κ1) is 13.1. The van der Waals surface area contributed by atoms with E-state index in [4.69, 9.17) is 5.26 Å². The van der Waals surface area contributed by atoms with E-state index in [0.717, 1.165) is 16.8 Å². The molecule has 0 radical (unpaired) electrons. The number of halogens is 1. The highest BCUT2D eigenvalue weighted by atomic mass is 19.1. The Kier molecular flexibility index (Phi) is 3.82. The fourth-order valence-electron chi connectivity index (χ4n) is 1.97. The van der Waals surface area contributed by atoms with Crippen LogP contribution < -0.4 is 4.90 Å². The average Bonchev–Trinajstić information content (AvgIpc) is 2.43. The molecule has 0 aliphatic carbocycles. The van der Waals surface area contributed by atoms with E-state index in [-0.39, 0.29) is 5.82 Å². The van der Waals surface area contributed by atoms with Crippen molar-refractivity contribution in [1.82, 2.24) is 0 Å². The average molecular weight is 254 g/mol. The van der Waals surface area contributed by atoms with Crippen molar-refractivity contribution in [3.8, 4) is 6.07 Å². The largest absolute Gasteiger partial charge is 0.370 e. The maximum absolute atomic E-state index is 13.3. The molecule has 0 saturated carbocycles. The van der Waals surface area contributed by atoms with Gasteiger partial charge in [-0.3, -0.25) is 0 Å². The summed E-state index contributed by atoms with van der Waals surface area (Å²) in [6.45, 7) is 2.58. The molecule has 0 aliphatic heterocycles. The third kappa shape index (κ3) is 3.11. The van der Waals surface area contributed by atoms with Crippen molar-refractivity contribution in [2.24, 2.45) is 0 Å². The molecule has 2 aromatic carbocycles. The van der Waals surface area contributed by atoms with Crippen LogP contribution >= 0.6 is 0 Å². The standard InChI is InChI=1S/C16H15FN2/c1-12-6-7-15(17)9-14(12)11-19(2)16-5-3-4-13(8-16)10-18/h3-9H,11H2,1-2H3. The van der Waals surface area contributed by atoms with E-state index in [1.165, 1.54) is 6.07 Å². The van der Waals surface area contributed by atoms with Crippen molar-refractivity contribution in [3.63, 3.8) is 0 Å². The topological polar surface area (TPSA) is 27.0 Å². The van der Waals surface area contributed by atoms with Gasteiger partial charge in [-0.25, -0.2) is 4.39 Å². The molecule has 0 atom stereocenters. The number of hydrogen-bond donors (Lipinski definition) is 0. The molecule has 2 aromatic rings. The fourth-order valence-corrected chi connectivity index (χ4v) is 1.97. The quantitative estimate of drug-likeness (QED) is 0.836. The van der Waals surface area contributed by atoms with Gasteiger partial charge < -0.3 is 4.90 Å². The zero-order valence-electron chi connectivity index (χ0n) is 11.0. The predicted molar refractivity (Wildman–Crippen MR) is 74.4 cm³/mol. The molecule has 19 heavy (non-hydrogen) atoms. The number of aryl methyl sites for hydroxylation is 1. The highest BCUT2D eigenvalue weighted by Gasteiger charge is 2.06. The summed E-state index contributed by atoms with van der Waals surface area (Å²) in [7, 11) is 1.93. The van der Waals surface area contributed by atoms with Crippen LogP contribution in [-0.2, 0) is 6.54 Å². The van der Waals surface area contributed by atoms with Crippen LogP contribution in [0.5, 0.6) is 0 Å². The van der Waals surface area contributed by atoms with E-state index < -0.39 is 0 Å². The number of anilines is 1. The molecule has 0 bridgehead atoms. The van der Waals surface area contributed by atoms with Crippen molar-refractivity contribution >= 4 is 5.69 Å². The predicted octanol–water partition coefficient (Wildman–Crippen LogP) is 3.64. The Hall–Kier alpha value is -2.34. The molecule has 2 rings (SSSR count). The summed E-state index contributed by atoms with van der Waals surface area (Å²) < 4.78 is 13.3. The summed E-state index contributed by atoms with van der Waals surface area (Å²) >= 11 is 0. The van der Waals surface area contributed by atoms with Crippen molar-refractivity contribution in [1.29, 1.82) is 5.26 Å². The minimum absolute atomic E-state index is 0.222. The lowest BCUT2D eigenvalue weighted by Crippen LogP contribution is -2.17. The van der Waals surface area contributed by atoms with Gasteiger partial charge in [0.25, 0.3) is 0 Å². The van der Waals surface area contributed by atoms with E-state index in [1.54, 1.807) is 18.2 Å². The van der Waals surface area contributed by atoms with Crippen LogP contribution in [0.2, 0.25) is 0 Å². The Morgan fingerprint density at radius 2 is 2.00 bits per heavy atom. The third-order valence-corrected chi connectivity index (χ3v) is 3.13.